The van der Waals surface area contributed by atoms with Gasteiger partial charge in [-0.2, -0.15) is 0 Å². The Balaban J connectivity index is 1.62. The summed E-state index contributed by atoms with van der Waals surface area (Å²) in [6.45, 7) is 4.97. The summed E-state index contributed by atoms with van der Waals surface area (Å²) in [6.07, 6.45) is 2.44. The van der Waals surface area contributed by atoms with E-state index in [4.69, 9.17) is 4.74 Å². The van der Waals surface area contributed by atoms with Crippen LogP contribution in [0.5, 0.6) is 0 Å². The van der Waals surface area contributed by atoms with Crippen LogP contribution >= 0.6 is 22.6 Å². The Morgan fingerprint density at radius 1 is 1.28 bits per heavy atom. The second-order valence-electron chi connectivity index (χ2n) is 5.48. The molecule has 1 spiro atoms. The molecule has 0 saturated carbocycles. The van der Waals surface area contributed by atoms with E-state index in [9.17, 15) is 4.39 Å². The van der Waals surface area contributed by atoms with Crippen molar-refractivity contribution in [3.05, 3.63) is 33.1 Å². The molecule has 0 amide bonds. The van der Waals surface area contributed by atoms with Crippen LogP contribution in [0.1, 0.15) is 18.4 Å². The van der Waals surface area contributed by atoms with Crippen LogP contribution in [-0.4, -0.2) is 31.2 Å². The first-order valence-corrected chi connectivity index (χ1v) is 7.49. The second kappa shape index (κ2) is 5.06. The zero-order valence-corrected chi connectivity index (χ0v) is 12.5. The van der Waals surface area contributed by atoms with Crippen LogP contribution < -0.4 is 0 Å². The average molecular weight is 361 g/mol. The molecule has 2 heterocycles. The van der Waals surface area contributed by atoms with E-state index in [2.05, 4.69) is 27.5 Å². The summed E-state index contributed by atoms with van der Waals surface area (Å²) in [7, 11) is 0. The number of rotatable bonds is 2. The molecule has 0 unspecified atom stereocenters. The van der Waals surface area contributed by atoms with Crippen molar-refractivity contribution < 1.29 is 9.13 Å². The fraction of sp³-hybridized carbons (Fsp3) is 0.571. The molecule has 2 fully saturated rings. The Hall–Kier alpha value is -0.200. The lowest BCUT2D eigenvalue weighted by Gasteiger charge is -2.47. The molecule has 4 heteroatoms. The third-order valence-electron chi connectivity index (χ3n) is 4.16. The highest BCUT2D eigenvalue weighted by Gasteiger charge is 2.40. The van der Waals surface area contributed by atoms with Crippen molar-refractivity contribution in [2.45, 2.75) is 19.4 Å². The lowest BCUT2D eigenvalue weighted by Crippen LogP contribution is -2.50. The zero-order valence-electron chi connectivity index (χ0n) is 10.3. The smallest absolute Gasteiger partial charge is 0.136 e. The molecule has 0 radical (unpaired) electrons. The average Bonchev–Trinajstić information content (AvgIpc) is 2.34. The highest BCUT2D eigenvalue weighted by Crippen LogP contribution is 2.38. The summed E-state index contributed by atoms with van der Waals surface area (Å²) in [5.74, 6) is -0.103. The first-order chi connectivity index (χ1) is 8.69. The number of halogens is 2. The molecule has 2 saturated heterocycles. The van der Waals surface area contributed by atoms with Gasteiger partial charge in [0.1, 0.15) is 5.82 Å². The SMILES string of the molecule is Fc1cccc(CN2CCC3(CC2)COC3)c1I. The number of hydrogen-bond acceptors (Lipinski definition) is 2. The maximum absolute atomic E-state index is 13.5. The normalized spacial score (nSPS) is 23.0. The first kappa shape index (κ1) is 12.8. The lowest BCUT2D eigenvalue weighted by molar-refractivity contribution is -0.140. The van der Waals surface area contributed by atoms with E-state index in [1.807, 2.05) is 6.07 Å². The topological polar surface area (TPSA) is 12.5 Å². The molecule has 2 nitrogen and oxygen atoms in total. The van der Waals surface area contributed by atoms with Crippen molar-refractivity contribution in [3.63, 3.8) is 0 Å². The van der Waals surface area contributed by atoms with Gasteiger partial charge in [0.2, 0.25) is 0 Å². The number of hydrogen-bond donors (Lipinski definition) is 0. The molecule has 18 heavy (non-hydrogen) atoms. The molecule has 98 valence electrons. The van der Waals surface area contributed by atoms with Crippen LogP contribution in [0.3, 0.4) is 0 Å². The van der Waals surface area contributed by atoms with Gasteiger partial charge in [-0.15, -0.1) is 0 Å². The van der Waals surface area contributed by atoms with Crippen molar-refractivity contribution in [2.75, 3.05) is 26.3 Å². The minimum Gasteiger partial charge on any atom is -0.380 e. The van der Waals surface area contributed by atoms with Crippen molar-refractivity contribution in [2.24, 2.45) is 5.41 Å². The van der Waals surface area contributed by atoms with E-state index < -0.39 is 0 Å². The van der Waals surface area contributed by atoms with Gasteiger partial charge in [-0.1, -0.05) is 12.1 Å². The maximum Gasteiger partial charge on any atom is 0.136 e. The lowest BCUT2D eigenvalue weighted by atomic mass is 9.77. The van der Waals surface area contributed by atoms with Gasteiger partial charge in [0.05, 0.1) is 16.8 Å². The van der Waals surface area contributed by atoms with Crippen LogP contribution in [0.25, 0.3) is 0 Å². The minimum atomic E-state index is -0.103. The fourth-order valence-corrected chi connectivity index (χ4v) is 3.31. The van der Waals surface area contributed by atoms with E-state index in [1.165, 1.54) is 18.9 Å². The Bertz CT molecular complexity index is 437. The third-order valence-corrected chi connectivity index (χ3v) is 5.37. The van der Waals surface area contributed by atoms with E-state index >= 15 is 0 Å². The molecule has 1 aromatic carbocycles. The molecule has 2 aliphatic heterocycles. The van der Waals surface area contributed by atoms with Gasteiger partial charge < -0.3 is 4.74 Å². The third kappa shape index (κ3) is 2.42. The molecule has 0 bridgehead atoms. The van der Waals surface area contributed by atoms with E-state index in [1.54, 1.807) is 6.07 Å². The van der Waals surface area contributed by atoms with Gasteiger partial charge >= 0.3 is 0 Å². The number of benzene rings is 1. The summed E-state index contributed by atoms with van der Waals surface area (Å²) < 4.78 is 19.6. The van der Waals surface area contributed by atoms with Crippen LogP contribution in [-0.2, 0) is 11.3 Å². The van der Waals surface area contributed by atoms with Gasteiger partial charge in [0.25, 0.3) is 0 Å². The molecule has 2 aliphatic rings. The zero-order chi connectivity index (χ0) is 12.6. The van der Waals surface area contributed by atoms with Gasteiger partial charge in [-0.25, -0.2) is 4.39 Å². The molecule has 0 aromatic heterocycles. The van der Waals surface area contributed by atoms with Crippen LogP contribution in [0, 0.1) is 14.8 Å². The number of piperidine rings is 1. The Morgan fingerprint density at radius 2 is 2.00 bits per heavy atom. The summed E-state index contributed by atoms with van der Waals surface area (Å²) >= 11 is 2.10. The maximum atomic E-state index is 13.5. The molecule has 0 N–H and O–H groups in total. The minimum absolute atomic E-state index is 0.103. The molecule has 0 aliphatic carbocycles. The van der Waals surface area contributed by atoms with Crippen molar-refractivity contribution >= 4 is 22.6 Å². The molecule has 3 rings (SSSR count). The van der Waals surface area contributed by atoms with E-state index in [0.29, 0.717) is 5.41 Å². The summed E-state index contributed by atoms with van der Waals surface area (Å²) in [6, 6.07) is 5.36. The number of ether oxygens (including phenoxy) is 1. The standard InChI is InChI=1S/C14H17FINO/c15-12-3-1-2-11(13(12)16)8-17-6-4-14(5-7-17)9-18-10-14/h1-3H,4-10H2. The summed E-state index contributed by atoms with van der Waals surface area (Å²) in [5, 5.41) is 0. The summed E-state index contributed by atoms with van der Waals surface area (Å²) in [4.78, 5) is 2.43. The van der Waals surface area contributed by atoms with Crippen molar-refractivity contribution in [1.29, 1.82) is 0 Å². The van der Waals surface area contributed by atoms with Crippen molar-refractivity contribution in [3.8, 4) is 0 Å². The highest BCUT2D eigenvalue weighted by molar-refractivity contribution is 14.1. The Morgan fingerprint density at radius 3 is 2.61 bits per heavy atom. The Labute approximate surface area is 121 Å². The number of nitrogens with zero attached hydrogens (tertiary/aromatic N) is 1. The fourth-order valence-electron chi connectivity index (χ4n) is 2.78. The largest absolute Gasteiger partial charge is 0.380 e. The van der Waals surface area contributed by atoms with Crippen LogP contribution in [0.15, 0.2) is 18.2 Å². The van der Waals surface area contributed by atoms with Crippen molar-refractivity contribution in [1.82, 2.24) is 4.90 Å². The monoisotopic (exact) mass is 361 g/mol. The first-order valence-electron chi connectivity index (χ1n) is 6.42. The predicted molar refractivity (Wildman–Crippen MR) is 76.9 cm³/mol. The van der Waals surface area contributed by atoms with Crippen LogP contribution in [0.2, 0.25) is 0 Å². The molecule has 0 atom stereocenters. The quantitative estimate of drug-likeness (QED) is 0.751. The number of likely N-dealkylation sites (tertiary alicyclic amines) is 1. The van der Waals surface area contributed by atoms with Gasteiger partial charge in [0.15, 0.2) is 0 Å². The second-order valence-corrected chi connectivity index (χ2v) is 6.56. The Kier molecular flexibility index (Phi) is 3.60. The molecular weight excluding hydrogens is 344 g/mol. The summed E-state index contributed by atoms with van der Waals surface area (Å²) in [5.41, 5.74) is 1.59. The molecular formula is C14H17FINO. The van der Waals surface area contributed by atoms with Crippen LogP contribution in [0.4, 0.5) is 4.39 Å². The van der Waals surface area contributed by atoms with Gasteiger partial charge in [-0.05, 0) is 60.2 Å². The molecule has 1 aromatic rings. The predicted octanol–water partition coefficient (Wildman–Crippen LogP) is 3.04. The van der Waals surface area contributed by atoms with E-state index in [-0.39, 0.29) is 5.82 Å². The van der Waals surface area contributed by atoms with Gasteiger partial charge in [0, 0.05) is 12.0 Å². The highest BCUT2D eigenvalue weighted by atomic mass is 127. The van der Waals surface area contributed by atoms with Gasteiger partial charge in [-0.3, -0.25) is 4.90 Å². The van der Waals surface area contributed by atoms with E-state index in [0.717, 1.165) is 42.0 Å².